The van der Waals surface area contributed by atoms with Crippen LogP contribution in [-0.4, -0.2) is 34.2 Å². The van der Waals surface area contributed by atoms with E-state index >= 15 is 0 Å². The summed E-state index contributed by atoms with van der Waals surface area (Å²) < 4.78 is 7.04. The summed E-state index contributed by atoms with van der Waals surface area (Å²) in [4.78, 5) is 29.2. The van der Waals surface area contributed by atoms with Gasteiger partial charge in [-0.3, -0.25) is 19.2 Å². The van der Waals surface area contributed by atoms with Crippen LogP contribution in [0.2, 0.25) is 5.02 Å². The number of carbonyl (C=O) groups excluding carboxylic acids is 2. The lowest BCUT2D eigenvalue weighted by atomic mass is 9.93. The lowest BCUT2D eigenvalue weighted by molar-refractivity contribution is -0.126. The minimum atomic E-state index is -1.25. The Morgan fingerprint density at radius 3 is 2.47 bits per heavy atom. The molecule has 1 N–H and O–H groups in total. The van der Waals surface area contributed by atoms with Gasteiger partial charge in [0.05, 0.1) is 19.3 Å². The van der Waals surface area contributed by atoms with E-state index < -0.39 is 5.54 Å². The number of benzene rings is 3. The molecule has 0 fully saturated rings. The molecule has 0 saturated heterocycles. The fourth-order valence-corrected chi connectivity index (χ4v) is 4.67. The molecule has 0 saturated carbocycles. The van der Waals surface area contributed by atoms with Gasteiger partial charge in [-0.15, -0.1) is 0 Å². The number of fused-ring (bicyclic) bond motifs is 1. The maximum Gasteiger partial charge on any atom is 0.277 e. The van der Waals surface area contributed by atoms with E-state index in [2.05, 4.69) is 10.4 Å². The molecule has 0 aliphatic carbocycles. The number of amides is 2. The number of hydrogen-bond donors (Lipinski definition) is 1. The van der Waals surface area contributed by atoms with Gasteiger partial charge in [-0.25, -0.2) is 0 Å². The Bertz CT molecular complexity index is 1420. The highest BCUT2D eigenvalue weighted by molar-refractivity contribution is 6.30. The largest absolute Gasteiger partial charge is 0.496 e. The molecular weight excluding hydrogens is 476 g/mol. The molecule has 1 aromatic heterocycles. The van der Waals surface area contributed by atoms with Gasteiger partial charge in [0, 0.05) is 28.4 Å². The van der Waals surface area contributed by atoms with E-state index in [1.165, 1.54) is 4.90 Å². The fourth-order valence-electron chi connectivity index (χ4n) is 4.54. The van der Waals surface area contributed by atoms with Gasteiger partial charge >= 0.3 is 0 Å². The van der Waals surface area contributed by atoms with Crippen molar-refractivity contribution in [2.24, 2.45) is 0 Å². The number of hydrogen-bond acceptors (Lipinski definition) is 4. The van der Waals surface area contributed by atoms with Gasteiger partial charge in [0.25, 0.3) is 5.91 Å². The van der Waals surface area contributed by atoms with Gasteiger partial charge in [0.2, 0.25) is 5.91 Å². The number of ether oxygens (including phenoxy) is 1. The maximum absolute atomic E-state index is 13.9. The Balaban J connectivity index is 1.53. The molecule has 1 aliphatic rings. The zero-order valence-electron chi connectivity index (χ0n) is 19.9. The summed E-state index contributed by atoms with van der Waals surface area (Å²) in [6.07, 6.45) is 0. The summed E-state index contributed by atoms with van der Waals surface area (Å²) in [6.45, 7) is 2.19. The molecule has 2 amide bonds. The van der Waals surface area contributed by atoms with Crippen LogP contribution in [0.5, 0.6) is 5.75 Å². The predicted molar refractivity (Wildman–Crippen MR) is 139 cm³/mol. The summed E-state index contributed by atoms with van der Waals surface area (Å²) >= 11 is 6.11. The summed E-state index contributed by atoms with van der Waals surface area (Å²) in [5.74, 6) is 0.0615. The molecule has 1 atom stereocenters. The minimum absolute atomic E-state index is 0.182. The zero-order chi connectivity index (χ0) is 25.3. The van der Waals surface area contributed by atoms with Gasteiger partial charge in [-0.05, 0) is 43.3 Å². The lowest BCUT2D eigenvalue weighted by Crippen LogP contribution is -2.64. The molecule has 1 unspecified atom stereocenters. The zero-order valence-corrected chi connectivity index (χ0v) is 20.7. The average molecular weight is 501 g/mol. The Labute approximate surface area is 214 Å². The van der Waals surface area contributed by atoms with Gasteiger partial charge in [-0.2, -0.15) is 5.10 Å². The summed E-state index contributed by atoms with van der Waals surface area (Å²) in [6, 6.07) is 25.8. The van der Waals surface area contributed by atoms with Crippen molar-refractivity contribution in [2.45, 2.75) is 25.6 Å². The van der Waals surface area contributed by atoms with Gasteiger partial charge in [0.15, 0.2) is 0 Å². The van der Waals surface area contributed by atoms with Crippen LogP contribution in [0.4, 0.5) is 5.69 Å². The Hall–Kier alpha value is -4.10. The monoisotopic (exact) mass is 500 g/mol. The van der Waals surface area contributed by atoms with Crippen LogP contribution < -0.4 is 15.0 Å². The van der Waals surface area contributed by atoms with Crippen molar-refractivity contribution in [3.63, 3.8) is 0 Å². The third-order valence-corrected chi connectivity index (χ3v) is 6.68. The SMILES string of the molecule is COc1ccccc1CNC(=O)C1(C)Cn2nc(-c3ccccc3)cc2C(=O)N1c1ccc(Cl)cc1. The molecule has 4 aromatic rings. The number of rotatable bonds is 6. The first-order valence-electron chi connectivity index (χ1n) is 11.5. The van der Waals surface area contributed by atoms with Crippen LogP contribution in [0.3, 0.4) is 0 Å². The maximum atomic E-state index is 13.9. The van der Waals surface area contributed by atoms with Crippen LogP contribution >= 0.6 is 11.6 Å². The second-order valence-corrected chi connectivity index (χ2v) is 9.26. The number of nitrogens with zero attached hydrogens (tertiary/aromatic N) is 3. The molecular formula is C28H25ClN4O3. The number of methoxy groups -OCH3 is 1. The average Bonchev–Trinajstić information content (AvgIpc) is 3.33. The molecule has 36 heavy (non-hydrogen) atoms. The Morgan fingerprint density at radius 2 is 1.75 bits per heavy atom. The highest BCUT2D eigenvalue weighted by Crippen LogP contribution is 2.35. The van der Waals surface area contributed by atoms with Crippen LogP contribution in [-0.2, 0) is 17.9 Å². The summed E-state index contributed by atoms with van der Waals surface area (Å²) in [5, 5.41) is 8.23. The van der Waals surface area contributed by atoms with E-state index in [9.17, 15) is 9.59 Å². The van der Waals surface area contributed by atoms with E-state index in [4.69, 9.17) is 16.3 Å². The molecule has 0 radical (unpaired) electrons. The second kappa shape index (κ2) is 9.51. The molecule has 3 aromatic carbocycles. The number of halogens is 1. The number of nitrogens with one attached hydrogen (secondary N) is 1. The smallest absolute Gasteiger partial charge is 0.277 e. The van der Waals surface area contributed by atoms with Gasteiger partial charge in [0.1, 0.15) is 17.0 Å². The quantitative estimate of drug-likeness (QED) is 0.406. The lowest BCUT2D eigenvalue weighted by Gasteiger charge is -2.43. The number of aromatic nitrogens is 2. The van der Waals surface area contributed by atoms with E-state index in [1.807, 2.05) is 54.6 Å². The fraction of sp³-hybridized carbons (Fsp3) is 0.179. The number of anilines is 1. The highest BCUT2D eigenvalue weighted by atomic mass is 35.5. The van der Waals surface area contributed by atoms with Gasteiger partial charge in [-0.1, -0.05) is 60.1 Å². The third-order valence-electron chi connectivity index (χ3n) is 6.43. The Morgan fingerprint density at radius 1 is 1.06 bits per heavy atom. The molecule has 182 valence electrons. The van der Waals surface area contributed by atoms with Crippen molar-refractivity contribution in [1.82, 2.24) is 15.1 Å². The van der Waals surface area contributed by atoms with E-state index in [0.717, 1.165) is 11.1 Å². The third kappa shape index (κ3) is 4.22. The van der Waals surface area contributed by atoms with Crippen LogP contribution in [0.1, 0.15) is 23.0 Å². The number of carbonyl (C=O) groups is 2. The van der Waals surface area contributed by atoms with E-state index in [-0.39, 0.29) is 24.9 Å². The Kier molecular flexibility index (Phi) is 6.24. The normalized spacial score (nSPS) is 17.0. The molecule has 5 rings (SSSR count). The van der Waals surface area contributed by atoms with Crippen molar-refractivity contribution in [3.05, 3.63) is 101 Å². The standard InChI is InChI=1S/C28H25ClN4O3/c1-28(27(35)30-17-20-10-6-7-11-25(20)36-2)18-32-24(16-23(31-32)19-8-4-3-5-9-19)26(34)33(28)22-14-12-21(29)13-15-22/h3-16H,17-18H2,1-2H3,(H,30,35). The number of para-hydroxylation sites is 1. The molecule has 2 heterocycles. The van der Waals surface area contributed by atoms with Crippen molar-refractivity contribution in [2.75, 3.05) is 12.0 Å². The van der Waals surface area contributed by atoms with Crippen molar-refractivity contribution in [3.8, 4) is 17.0 Å². The predicted octanol–water partition coefficient (Wildman–Crippen LogP) is 4.95. The first kappa shape index (κ1) is 23.6. The van der Waals surface area contributed by atoms with E-state index in [1.54, 1.807) is 49.0 Å². The second-order valence-electron chi connectivity index (χ2n) is 8.82. The van der Waals surface area contributed by atoms with Crippen molar-refractivity contribution in [1.29, 1.82) is 0 Å². The van der Waals surface area contributed by atoms with Crippen molar-refractivity contribution < 1.29 is 14.3 Å². The summed E-state index contributed by atoms with van der Waals surface area (Å²) in [7, 11) is 1.59. The molecule has 0 spiro atoms. The highest BCUT2D eigenvalue weighted by Gasteiger charge is 2.48. The summed E-state index contributed by atoms with van der Waals surface area (Å²) in [5.41, 5.74) is 2.15. The van der Waals surface area contributed by atoms with Crippen LogP contribution in [0.15, 0.2) is 84.9 Å². The topological polar surface area (TPSA) is 76.5 Å². The first-order valence-corrected chi connectivity index (χ1v) is 11.9. The van der Waals surface area contributed by atoms with Crippen molar-refractivity contribution >= 4 is 29.1 Å². The van der Waals surface area contributed by atoms with Gasteiger partial charge < -0.3 is 10.1 Å². The minimum Gasteiger partial charge on any atom is -0.496 e. The molecule has 8 heteroatoms. The van der Waals surface area contributed by atoms with Crippen LogP contribution in [0.25, 0.3) is 11.3 Å². The van der Waals surface area contributed by atoms with E-state index in [0.29, 0.717) is 27.8 Å². The first-order chi connectivity index (χ1) is 17.4. The van der Waals surface area contributed by atoms with Crippen LogP contribution in [0, 0.1) is 0 Å². The molecule has 0 bridgehead atoms. The molecule has 1 aliphatic heterocycles. The molecule has 7 nitrogen and oxygen atoms in total.